The lowest BCUT2D eigenvalue weighted by Gasteiger charge is -2.14. The van der Waals surface area contributed by atoms with Crippen molar-refractivity contribution < 1.29 is 23.4 Å². The van der Waals surface area contributed by atoms with Crippen molar-refractivity contribution in [2.24, 2.45) is 0 Å². The number of nitrogens with one attached hydrogen (secondary N) is 1. The predicted molar refractivity (Wildman–Crippen MR) is 98.9 cm³/mol. The fraction of sp³-hybridized carbons (Fsp3) is 0.350. The molecule has 0 fully saturated rings. The number of hydrogen-bond donors (Lipinski definition) is 1. The van der Waals surface area contributed by atoms with Gasteiger partial charge in [0.15, 0.2) is 11.5 Å². The highest BCUT2D eigenvalue weighted by atomic mass is 19.1. The fourth-order valence-corrected chi connectivity index (χ4v) is 2.25. The number of halogens is 1. The molecule has 0 aliphatic rings. The quantitative estimate of drug-likeness (QED) is 0.705. The second-order valence-corrected chi connectivity index (χ2v) is 5.66. The van der Waals surface area contributed by atoms with E-state index in [9.17, 15) is 9.18 Å². The molecule has 5 nitrogen and oxygen atoms in total. The first-order valence-electron chi connectivity index (χ1n) is 8.63. The van der Waals surface area contributed by atoms with Crippen molar-refractivity contribution in [1.29, 1.82) is 0 Å². The fourth-order valence-electron chi connectivity index (χ4n) is 2.25. The first-order chi connectivity index (χ1) is 12.6. The van der Waals surface area contributed by atoms with E-state index in [1.807, 2.05) is 13.8 Å². The van der Waals surface area contributed by atoms with Gasteiger partial charge in [0.1, 0.15) is 11.6 Å². The van der Waals surface area contributed by atoms with Crippen LogP contribution < -0.4 is 19.5 Å². The molecule has 0 spiro atoms. The Labute approximate surface area is 153 Å². The van der Waals surface area contributed by atoms with E-state index in [4.69, 9.17) is 14.2 Å². The molecule has 0 bridgehead atoms. The van der Waals surface area contributed by atoms with Crippen LogP contribution in [0.2, 0.25) is 0 Å². The zero-order valence-electron chi connectivity index (χ0n) is 15.3. The maximum atomic E-state index is 14.1. The number of amides is 1. The standard InChI is InChI=1S/C20H24FNO4/c1-4-10-25-18-9-6-14(12-19(18)26-11-5-2)22-20(23)16-8-7-15(24-3)13-17(16)21/h6-9,12-13H,4-5,10-11H2,1-3H3,(H,22,23). The van der Waals surface area contributed by atoms with Gasteiger partial charge >= 0.3 is 0 Å². The highest BCUT2D eigenvalue weighted by molar-refractivity contribution is 6.04. The Morgan fingerprint density at radius 3 is 2.31 bits per heavy atom. The van der Waals surface area contributed by atoms with Gasteiger partial charge in [-0.1, -0.05) is 13.8 Å². The number of rotatable bonds is 9. The summed E-state index contributed by atoms with van der Waals surface area (Å²) in [4.78, 5) is 12.4. The van der Waals surface area contributed by atoms with Crippen molar-refractivity contribution >= 4 is 11.6 Å². The first-order valence-corrected chi connectivity index (χ1v) is 8.63. The maximum Gasteiger partial charge on any atom is 0.258 e. The Bertz CT molecular complexity index is 749. The van der Waals surface area contributed by atoms with Crippen LogP contribution in [0.15, 0.2) is 36.4 Å². The van der Waals surface area contributed by atoms with Crippen LogP contribution in [0, 0.1) is 5.82 Å². The Balaban J connectivity index is 2.18. The van der Waals surface area contributed by atoms with Gasteiger partial charge in [0, 0.05) is 17.8 Å². The molecule has 2 aromatic carbocycles. The van der Waals surface area contributed by atoms with Crippen LogP contribution in [0.3, 0.4) is 0 Å². The number of carbonyl (C=O) groups is 1. The van der Waals surface area contributed by atoms with Crippen molar-refractivity contribution in [3.63, 3.8) is 0 Å². The second kappa shape index (κ2) is 9.65. The molecule has 6 heteroatoms. The number of ether oxygens (including phenoxy) is 3. The van der Waals surface area contributed by atoms with Crippen LogP contribution in [0.1, 0.15) is 37.0 Å². The van der Waals surface area contributed by atoms with Gasteiger partial charge in [-0.15, -0.1) is 0 Å². The minimum atomic E-state index is -0.646. The normalized spacial score (nSPS) is 10.3. The smallest absolute Gasteiger partial charge is 0.258 e. The van der Waals surface area contributed by atoms with Crippen molar-refractivity contribution in [1.82, 2.24) is 0 Å². The van der Waals surface area contributed by atoms with Gasteiger partial charge in [-0.25, -0.2) is 4.39 Å². The molecule has 0 aromatic heterocycles. The van der Waals surface area contributed by atoms with E-state index < -0.39 is 11.7 Å². The van der Waals surface area contributed by atoms with E-state index in [2.05, 4.69) is 5.32 Å². The van der Waals surface area contributed by atoms with Crippen molar-refractivity contribution in [2.75, 3.05) is 25.6 Å². The van der Waals surface area contributed by atoms with Crippen molar-refractivity contribution in [2.45, 2.75) is 26.7 Å². The first kappa shape index (κ1) is 19.6. The predicted octanol–water partition coefficient (Wildman–Crippen LogP) is 4.66. The van der Waals surface area contributed by atoms with Crippen LogP contribution in [-0.2, 0) is 0 Å². The lowest BCUT2D eigenvalue weighted by molar-refractivity contribution is 0.102. The topological polar surface area (TPSA) is 56.8 Å². The Morgan fingerprint density at radius 1 is 1.00 bits per heavy atom. The molecule has 1 amide bonds. The second-order valence-electron chi connectivity index (χ2n) is 5.66. The van der Waals surface area contributed by atoms with Gasteiger partial charge < -0.3 is 19.5 Å². The molecule has 0 aliphatic heterocycles. The summed E-state index contributed by atoms with van der Waals surface area (Å²) in [6.07, 6.45) is 1.73. The van der Waals surface area contributed by atoms with Crippen LogP contribution in [0.25, 0.3) is 0 Å². The molecule has 0 aliphatic carbocycles. The summed E-state index contributed by atoms with van der Waals surface area (Å²) < 4.78 is 30.4. The molecule has 1 N–H and O–H groups in total. The summed E-state index contributed by atoms with van der Waals surface area (Å²) in [5.74, 6) is 0.329. The van der Waals surface area contributed by atoms with Gasteiger partial charge in [0.2, 0.25) is 0 Å². The largest absolute Gasteiger partial charge is 0.497 e. The average Bonchev–Trinajstić information content (AvgIpc) is 2.65. The third-order valence-electron chi connectivity index (χ3n) is 3.55. The summed E-state index contributed by atoms with van der Waals surface area (Å²) in [6.45, 7) is 5.13. The molecule has 0 atom stereocenters. The molecule has 26 heavy (non-hydrogen) atoms. The lowest BCUT2D eigenvalue weighted by Crippen LogP contribution is -2.14. The number of carbonyl (C=O) groups excluding carboxylic acids is 1. The molecular formula is C20H24FNO4. The molecule has 2 rings (SSSR count). The van der Waals surface area contributed by atoms with E-state index in [0.29, 0.717) is 36.1 Å². The zero-order valence-corrected chi connectivity index (χ0v) is 15.3. The minimum Gasteiger partial charge on any atom is -0.497 e. The van der Waals surface area contributed by atoms with Gasteiger partial charge in [-0.3, -0.25) is 4.79 Å². The molecular weight excluding hydrogens is 337 g/mol. The molecule has 0 saturated carbocycles. The molecule has 2 aromatic rings. The van der Waals surface area contributed by atoms with Crippen LogP contribution >= 0.6 is 0 Å². The van der Waals surface area contributed by atoms with Crippen LogP contribution in [-0.4, -0.2) is 26.2 Å². The Hall–Kier alpha value is -2.76. The molecule has 140 valence electrons. The Morgan fingerprint density at radius 2 is 1.69 bits per heavy atom. The van der Waals surface area contributed by atoms with Crippen LogP contribution in [0.4, 0.5) is 10.1 Å². The highest BCUT2D eigenvalue weighted by Gasteiger charge is 2.14. The maximum absolute atomic E-state index is 14.1. The number of anilines is 1. The molecule has 0 unspecified atom stereocenters. The molecule has 0 heterocycles. The van der Waals surface area contributed by atoms with E-state index in [1.54, 1.807) is 18.2 Å². The third-order valence-corrected chi connectivity index (χ3v) is 3.55. The van der Waals surface area contributed by atoms with E-state index in [0.717, 1.165) is 12.8 Å². The van der Waals surface area contributed by atoms with Crippen molar-refractivity contribution in [3.8, 4) is 17.2 Å². The summed E-state index contributed by atoms with van der Waals surface area (Å²) >= 11 is 0. The van der Waals surface area contributed by atoms with Gasteiger partial charge in [0.05, 0.1) is 25.9 Å². The SMILES string of the molecule is CCCOc1ccc(NC(=O)c2ccc(OC)cc2F)cc1OCCC. The van der Waals surface area contributed by atoms with Gasteiger partial charge in [-0.2, -0.15) is 0 Å². The summed E-state index contributed by atoms with van der Waals surface area (Å²) in [5.41, 5.74) is 0.438. The number of methoxy groups -OCH3 is 1. The average molecular weight is 361 g/mol. The highest BCUT2D eigenvalue weighted by Crippen LogP contribution is 2.31. The lowest BCUT2D eigenvalue weighted by atomic mass is 10.2. The third kappa shape index (κ3) is 5.12. The van der Waals surface area contributed by atoms with Gasteiger partial charge in [0.25, 0.3) is 5.91 Å². The van der Waals surface area contributed by atoms with E-state index >= 15 is 0 Å². The Kier molecular flexibility index (Phi) is 7.26. The zero-order chi connectivity index (χ0) is 18.9. The van der Waals surface area contributed by atoms with E-state index in [1.165, 1.54) is 25.3 Å². The van der Waals surface area contributed by atoms with E-state index in [-0.39, 0.29) is 5.56 Å². The summed E-state index contributed by atoms with van der Waals surface area (Å²) in [7, 11) is 1.44. The monoisotopic (exact) mass is 361 g/mol. The number of benzene rings is 2. The van der Waals surface area contributed by atoms with Crippen molar-refractivity contribution in [3.05, 3.63) is 47.8 Å². The molecule has 0 saturated heterocycles. The summed E-state index contributed by atoms with van der Waals surface area (Å²) in [6, 6.07) is 9.21. The molecule has 0 radical (unpaired) electrons. The van der Waals surface area contributed by atoms with Gasteiger partial charge in [-0.05, 0) is 37.1 Å². The van der Waals surface area contributed by atoms with Crippen LogP contribution in [0.5, 0.6) is 17.2 Å². The number of hydrogen-bond acceptors (Lipinski definition) is 4. The minimum absolute atomic E-state index is 0.0619. The summed E-state index contributed by atoms with van der Waals surface area (Å²) in [5, 5.41) is 2.68.